The monoisotopic (exact) mass is 313 g/mol. The van der Waals surface area contributed by atoms with Crippen LogP contribution in [0.3, 0.4) is 0 Å². The lowest BCUT2D eigenvalue weighted by molar-refractivity contribution is 0.0947. The summed E-state index contributed by atoms with van der Waals surface area (Å²) in [5, 5.41) is 2.72. The molecule has 0 radical (unpaired) electrons. The van der Waals surface area contributed by atoms with Crippen molar-refractivity contribution < 1.29 is 9.18 Å². The molecule has 1 N–H and O–H groups in total. The van der Waals surface area contributed by atoms with Crippen molar-refractivity contribution in [3.63, 3.8) is 0 Å². The number of carbonyl (C=O) groups is 1. The summed E-state index contributed by atoms with van der Waals surface area (Å²) in [4.78, 5) is 18.7. The van der Waals surface area contributed by atoms with Crippen LogP contribution in [0.15, 0.2) is 42.6 Å². The minimum Gasteiger partial charge on any atom is -0.357 e. The highest BCUT2D eigenvalue weighted by atomic mass is 19.1. The van der Waals surface area contributed by atoms with Crippen molar-refractivity contribution in [2.24, 2.45) is 0 Å². The first-order valence-electron chi connectivity index (χ1n) is 7.96. The fourth-order valence-corrected chi connectivity index (χ4v) is 2.75. The van der Waals surface area contributed by atoms with Gasteiger partial charge in [0.2, 0.25) is 0 Å². The molecular weight excluding hydrogens is 293 g/mol. The van der Waals surface area contributed by atoms with E-state index in [1.807, 2.05) is 12.1 Å². The lowest BCUT2D eigenvalue weighted by atomic mass is 10.1. The standard InChI is InChI=1S/C18H20FN3O/c19-16-7-3-2-6-15(16)18(23)21-13-14-8-9-17(20-12-14)22-10-4-1-5-11-22/h2-3,6-9,12H,1,4-5,10-11,13H2,(H,21,23). The predicted molar refractivity (Wildman–Crippen MR) is 87.9 cm³/mol. The molecule has 1 aliphatic rings. The normalized spacial score (nSPS) is 14.6. The van der Waals surface area contributed by atoms with Gasteiger partial charge in [-0.3, -0.25) is 4.79 Å². The van der Waals surface area contributed by atoms with Gasteiger partial charge in [-0.2, -0.15) is 0 Å². The van der Waals surface area contributed by atoms with Gasteiger partial charge in [0.25, 0.3) is 5.91 Å². The van der Waals surface area contributed by atoms with Crippen LogP contribution in [0.2, 0.25) is 0 Å². The molecule has 2 aromatic rings. The van der Waals surface area contributed by atoms with Gasteiger partial charge in [0, 0.05) is 25.8 Å². The van der Waals surface area contributed by atoms with E-state index in [4.69, 9.17) is 0 Å². The molecule has 1 saturated heterocycles. The van der Waals surface area contributed by atoms with Crippen molar-refractivity contribution in [2.75, 3.05) is 18.0 Å². The second kappa shape index (κ2) is 7.22. The maximum atomic E-state index is 13.5. The van der Waals surface area contributed by atoms with Gasteiger partial charge in [-0.25, -0.2) is 9.37 Å². The maximum Gasteiger partial charge on any atom is 0.254 e. The lowest BCUT2D eigenvalue weighted by Gasteiger charge is -2.27. The Hall–Kier alpha value is -2.43. The van der Waals surface area contributed by atoms with Crippen LogP contribution in [0.25, 0.3) is 0 Å². The third-order valence-corrected chi connectivity index (χ3v) is 4.06. The first-order valence-corrected chi connectivity index (χ1v) is 7.96. The number of hydrogen-bond acceptors (Lipinski definition) is 3. The fourth-order valence-electron chi connectivity index (χ4n) is 2.75. The van der Waals surface area contributed by atoms with Gasteiger partial charge in [-0.05, 0) is 43.0 Å². The molecule has 0 spiro atoms. The number of piperidine rings is 1. The minimum absolute atomic E-state index is 0.0606. The van der Waals surface area contributed by atoms with Crippen molar-refractivity contribution in [1.82, 2.24) is 10.3 Å². The first-order chi connectivity index (χ1) is 11.2. The van der Waals surface area contributed by atoms with Crippen molar-refractivity contribution >= 4 is 11.7 Å². The molecule has 1 aromatic carbocycles. The lowest BCUT2D eigenvalue weighted by Crippen LogP contribution is -2.30. The Bertz CT molecular complexity index is 666. The maximum absolute atomic E-state index is 13.5. The van der Waals surface area contributed by atoms with Crippen molar-refractivity contribution in [2.45, 2.75) is 25.8 Å². The van der Waals surface area contributed by atoms with Crippen LogP contribution in [0.1, 0.15) is 35.2 Å². The summed E-state index contributed by atoms with van der Waals surface area (Å²) < 4.78 is 13.5. The highest BCUT2D eigenvalue weighted by Gasteiger charge is 2.12. The van der Waals surface area contributed by atoms with Crippen LogP contribution in [0.4, 0.5) is 10.2 Å². The Morgan fingerprint density at radius 3 is 2.61 bits per heavy atom. The topological polar surface area (TPSA) is 45.2 Å². The number of aromatic nitrogens is 1. The number of rotatable bonds is 4. The fraction of sp³-hybridized carbons (Fsp3) is 0.333. The number of halogens is 1. The number of nitrogens with zero attached hydrogens (tertiary/aromatic N) is 2. The van der Waals surface area contributed by atoms with Crippen molar-refractivity contribution in [3.8, 4) is 0 Å². The van der Waals surface area contributed by atoms with E-state index in [-0.39, 0.29) is 5.56 Å². The molecule has 1 amide bonds. The number of amides is 1. The SMILES string of the molecule is O=C(NCc1ccc(N2CCCCC2)nc1)c1ccccc1F. The second-order valence-electron chi connectivity index (χ2n) is 5.73. The molecule has 120 valence electrons. The number of carbonyl (C=O) groups excluding carboxylic acids is 1. The molecule has 2 heterocycles. The van der Waals surface area contributed by atoms with Crippen LogP contribution in [0.5, 0.6) is 0 Å². The molecule has 0 aliphatic carbocycles. The Balaban J connectivity index is 1.58. The zero-order chi connectivity index (χ0) is 16.1. The zero-order valence-corrected chi connectivity index (χ0v) is 13.0. The molecule has 0 bridgehead atoms. The van der Waals surface area contributed by atoms with E-state index < -0.39 is 11.7 Å². The van der Waals surface area contributed by atoms with Crippen LogP contribution in [-0.2, 0) is 6.54 Å². The van der Waals surface area contributed by atoms with E-state index >= 15 is 0 Å². The third kappa shape index (κ3) is 3.86. The quantitative estimate of drug-likeness (QED) is 0.943. The number of nitrogens with one attached hydrogen (secondary N) is 1. The van der Waals surface area contributed by atoms with Crippen LogP contribution in [-0.4, -0.2) is 24.0 Å². The van der Waals surface area contributed by atoms with Gasteiger partial charge in [0.1, 0.15) is 11.6 Å². The van der Waals surface area contributed by atoms with Gasteiger partial charge in [0.15, 0.2) is 0 Å². The van der Waals surface area contributed by atoms with Gasteiger partial charge in [-0.1, -0.05) is 18.2 Å². The average molecular weight is 313 g/mol. The molecular formula is C18H20FN3O. The molecule has 5 heteroatoms. The summed E-state index contributed by atoms with van der Waals surface area (Å²) in [7, 11) is 0. The van der Waals surface area contributed by atoms with E-state index in [0.29, 0.717) is 6.54 Å². The number of pyridine rings is 1. The molecule has 0 atom stereocenters. The van der Waals surface area contributed by atoms with Gasteiger partial charge in [0.05, 0.1) is 5.56 Å². The van der Waals surface area contributed by atoms with Gasteiger partial charge < -0.3 is 10.2 Å². The Labute approximate surface area is 135 Å². The van der Waals surface area contributed by atoms with E-state index in [0.717, 1.165) is 24.5 Å². The summed E-state index contributed by atoms with van der Waals surface area (Å²) >= 11 is 0. The van der Waals surface area contributed by atoms with E-state index in [1.54, 1.807) is 18.3 Å². The average Bonchev–Trinajstić information content (AvgIpc) is 2.61. The van der Waals surface area contributed by atoms with Crippen LogP contribution in [0, 0.1) is 5.82 Å². The Kier molecular flexibility index (Phi) is 4.86. The highest BCUT2D eigenvalue weighted by molar-refractivity contribution is 5.94. The van der Waals surface area contributed by atoms with E-state index in [9.17, 15) is 9.18 Å². The van der Waals surface area contributed by atoms with Crippen molar-refractivity contribution in [3.05, 3.63) is 59.5 Å². The van der Waals surface area contributed by atoms with E-state index in [2.05, 4.69) is 15.2 Å². The smallest absolute Gasteiger partial charge is 0.254 e. The Morgan fingerprint density at radius 2 is 1.91 bits per heavy atom. The number of anilines is 1. The molecule has 1 fully saturated rings. The minimum atomic E-state index is -0.511. The molecule has 0 unspecified atom stereocenters. The zero-order valence-electron chi connectivity index (χ0n) is 13.0. The Morgan fingerprint density at radius 1 is 1.13 bits per heavy atom. The molecule has 4 nitrogen and oxygen atoms in total. The molecule has 0 saturated carbocycles. The van der Waals surface area contributed by atoms with Crippen molar-refractivity contribution in [1.29, 1.82) is 0 Å². The van der Waals surface area contributed by atoms with E-state index in [1.165, 1.54) is 31.4 Å². The van der Waals surface area contributed by atoms with Crippen LogP contribution < -0.4 is 10.2 Å². The summed E-state index contributed by atoms with van der Waals surface area (Å²) in [6.07, 6.45) is 5.48. The second-order valence-corrected chi connectivity index (χ2v) is 5.73. The summed E-state index contributed by atoms with van der Waals surface area (Å²) in [5.41, 5.74) is 0.959. The summed E-state index contributed by atoms with van der Waals surface area (Å²) in [5.74, 6) is 0.0562. The molecule has 1 aliphatic heterocycles. The van der Waals surface area contributed by atoms with Gasteiger partial charge >= 0.3 is 0 Å². The number of benzene rings is 1. The van der Waals surface area contributed by atoms with Gasteiger partial charge in [-0.15, -0.1) is 0 Å². The molecule has 23 heavy (non-hydrogen) atoms. The predicted octanol–water partition coefficient (Wildman–Crippen LogP) is 3.14. The molecule has 1 aromatic heterocycles. The molecule has 3 rings (SSSR count). The summed E-state index contributed by atoms with van der Waals surface area (Å²) in [6, 6.07) is 9.91. The third-order valence-electron chi connectivity index (χ3n) is 4.06. The first kappa shape index (κ1) is 15.5. The van der Waals surface area contributed by atoms with Crippen LogP contribution >= 0.6 is 0 Å². The summed E-state index contributed by atoms with van der Waals surface area (Å²) in [6.45, 7) is 2.44. The largest absolute Gasteiger partial charge is 0.357 e. The number of hydrogen-bond donors (Lipinski definition) is 1. The highest BCUT2D eigenvalue weighted by Crippen LogP contribution is 2.17.